The molecule has 2 bridgehead atoms. The normalized spacial score (nSPS) is 48.5. The summed E-state index contributed by atoms with van der Waals surface area (Å²) in [6.45, 7) is 2.25. The van der Waals surface area contributed by atoms with Crippen molar-refractivity contribution in [1.82, 2.24) is 0 Å². The third-order valence-corrected chi connectivity index (χ3v) is 3.54. The number of hydrogen-bond donors (Lipinski definition) is 1. The minimum atomic E-state index is -0.215. The molecule has 3 fully saturated rings. The number of fused-ring (bicyclic) bond motifs is 2. The van der Waals surface area contributed by atoms with E-state index < -0.39 is 0 Å². The maximum atomic E-state index is 9.83. The predicted molar refractivity (Wildman–Crippen MR) is 45.4 cm³/mol. The molecule has 11 heavy (non-hydrogen) atoms. The lowest BCUT2D eigenvalue weighted by molar-refractivity contribution is -0.169. The van der Waals surface area contributed by atoms with Gasteiger partial charge in [-0.25, -0.2) is 0 Å². The molecular weight excluding hydrogens is 136 g/mol. The van der Waals surface area contributed by atoms with Crippen LogP contribution in [0.4, 0.5) is 0 Å². The molecule has 3 rings (SSSR count). The van der Waals surface area contributed by atoms with E-state index in [9.17, 15) is 5.11 Å². The van der Waals surface area contributed by atoms with Gasteiger partial charge in [0.2, 0.25) is 0 Å². The SMILES string of the molecule is CCCC12CCCC(O)(C1)C2. The van der Waals surface area contributed by atoms with Crippen LogP contribution in [0.5, 0.6) is 0 Å². The van der Waals surface area contributed by atoms with E-state index in [0.717, 1.165) is 19.3 Å². The molecule has 1 N–H and O–H groups in total. The van der Waals surface area contributed by atoms with Crippen molar-refractivity contribution in [2.45, 2.75) is 57.5 Å². The quantitative estimate of drug-likeness (QED) is 0.648. The second-order valence-corrected chi connectivity index (χ2v) is 4.68. The average Bonchev–Trinajstić information content (AvgIpc) is 1.85. The van der Waals surface area contributed by atoms with Gasteiger partial charge in [-0.2, -0.15) is 0 Å². The maximum Gasteiger partial charge on any atom is 0.0658 e. The number of rotatable bonds is 2. The van der Waals surface area contributed by atoms with E-state index in [1.807, 2.05) is 0 Å². The molecule has 3 saturated carbocycles. The lowest BCUT2D eigenvalue weighted by Crippen LogP contribution is -2.55. The first-order valence-electron chi connectivity index (χ1n) is 4.91. The van der Waals surface area contributed by atoms with Crippen molar-refractivity contribution in [3.05, 3.63) is 0 Å². The molecule has 0 unspecified atom stereocenters. The van der Waals surface area contributed by atoms with Crippen LogP contribution in [-0.2, 0) is 0 Å². The summed E-state index contributed by atoms with van der Waals surface area (Å²) in [5.74, 6) is 0. The molecular formula is C10H18O. The largest absolute Gasteiger partial charge is 0.390 e. The Hall–Kier alpha value is -0.0400. The molecule has 0 radical (unpaired) electrons. The van der Waals surface area contributed by atoms with Crippen LogP contribution in [0, 0.1) is 5.41 Å². The molecule has 0 heterocycles. The molecule has 3 aliphatic carbocycles. The van der Waals surface area contributed by atoms with Gasteiger partial charge in [0.15, 0.2) is 0 Å². The first kappa shape index (κ1) is 7.60. The van der Waals surface area contributed by atoms with Crippen LogP contribution in [-0.4, -0.2) is 10.7 Å². The van der Waals surface area contributed by atoms with Crippen LogP contribution < -0.4 is 0 Å². The first-order valence-corrected chi connectivity index (χ1v) is 4.91. The van der Waals surface area contributed by atoms with Gasteiger partial charge in [0.1, 0.15) is 0 Å². The fourth-order valence-corrected chi connectivity index (χ4v) is 3.32. The summed E-state index contributed by atoms with van der Waals surface area (Å²) in [6, 6.07) is 0. The van der Waals surface area contributed by atoms with Gasteiger partial charge in [0.05, 0.1) is 5.60 Å². The lowest BCUT2D eigenvalue weighted by Gasteiger charge is -2.58. The minimum absolute atomic E-state index is 0.215. The Kier molecular flexibility index (Phi) is 1.54. The van der Waals surface area contributed by atoms with E-state index in [-0.39, 0.29) is 5.60 Å². The van der Waals surface area contributed by atoms with Gasteiger partial charge < -0.3 is 5.11 Å². The lowest BCUT2D eigenvalue weighted by atomic mass is 9.50. The summed E-state index contributed by atoms with van der Waals surface area (Å²) in [5.41, 5.74) is 0.370. The number of aliphatic hydroxyl groups is 1. The van der Waals surface area contributed by atoms with Crippen molar-refractivity contribution in [2.75, 3.05) is 0 Å². The van der Waals surface area contributed by atoms with E-state index in [1.165, 1.54) is 25.7 Å². The zero-order chi connectivity index (χ0) is 7.95. The first-order chi connectivity index (χ1) is 5.18. The molecule has 1 nitrogen and oxygen atoms in total. The van der Waals surface area contributed by atoms with Gasteiger partial charge in [-0.3, -0.25) is 0 Å². The maximum absolute atomic E-state index is 9.83. The molecule has 0 atom stereocenters. The summed E-state index contributed by atoms with van der Waals surface area (Å²) in [4.78, 5) is 0. The molecule has 0 saturated heterocycles. The van der Waals surface area contributed by atoms with Crippen LogP contribution in [0.2, 0.25) is 0 Å². The molecule has 3 aliphatic rings. The summed E-state index contributed by atoms with van der Waals surface area (Å²) >= 11 is 0. The Morgan fingerprint density at radius 1 is 1.27 bits per heavy atom. The van der Waals surface area contributed by atoms with Gasteiger partial charge in [0, 0.05) is 0 Å². The Morgan fingerprint density at radius 2 is 2.00 bits per heavy atom. The number of hydrogen-bond acceptors (Lipinski definition) is 1. The summed E-state index contributed by atoms with van der Waals surface area (Å²) in [7, 11) is 0. The molecule has 0 amide bonds. The average molecular weight is 154 g/mol. The Bertz CT molecular complexity index is 152. The Balaban J connectivity index is 1.99. The topological polar surface area (TPSA) is 20.2 Å². The van der Waals surface area contributed by atoms with Crippen LogP contribution in [0.25, 0.3) is 0 Å². The van der Waals surface area contributed by atoms with E-state index >= 15 is 0 Å². The van der Waals surface area contributed by atoms with Crippen LogP contribution in [0.15, 0.2) is 0 Å². The molecule has 64 valence electrons. The highest BCUT2D eigenvalue weighted by molar-refractivity contribution is 5.07. The van der Waals surface area contributed by atoms with Crippen molar-refractivity contribution in [1.29, 1.82) is 0 Å². The second kappa shape index (κ2) is 2.22. The predicted octanol–water partition coefficient (Wildman–Crippen LogP) is 2.48. The highest BCUT2D eigenvalue weighted by Gasteiger charge is 2.55. The van der Waals surface area contributed by atoms with E-state index in [0.29, 0.717) is 5.41 Å². The fourth-order valence-electron chi connectivity index (χ4n) is 3.32. The highest BCUT2D eigenvalue weighted by atomic mass is 16.3. The van der Waals surface area contributed by atoms with Crippen LogP contribution in [0.3, 0.4) is 0 Å². The van der Waals surface area contributed by atoms with Gasteiger partial charge in [-0.1, -0.05) is 19.8 Å². The van der Waals surface area contributed by atoms with Crippen molar-refractivity contribution < 1.29 is 5.11 Å². The zero-order valence-electron chi connectivity index (χ0n) is 7.40. The van der Waals surface area contributed by atoms with Gasteiger partial charge in [0.25, 0.3) is 0 Å². The summed E-state index contributed by atoms with van der Waals surface area (Å²) in [5, 5.41) is 9.83. The van der Waals surface area contributed by atoms with Gasteiger partial charge in [-0.05, 0) is 37.5 Å². The summed E-state index contributed by atoms with van der Waals surface area (Å²) in [6.07, 6.45) is 8.55. The zero-order valence-corrected chi connectivity index (χ0v) is 7.40. The van der Waals surface area contributed by atoms with Crippen LogP contribution in [0.1, 0.15) is 51.9 Å². The molecule has 0 spiro atoms. The van der Waals surface area contributed by atoms with Gasteiger partial charge >= 0.3 is 0 Å². The standard InChI is InChI=1S/C10H18O/c1-2-4-9-5-3-6-10(11,7-9)8-9/h11H,2-8H2,1H3. The molecule has 0 aromatic heterocycles. The third kappa shape index (κ3) is 1.10. The molecule has 1 heteroatoms. The Morgan fingerprint density at radius 3 is 2.55 bits per heavy atom. The van der Waals surface area contributed by atoms with Crippen molar-refractivity contribution in [3.8, 4) is 0 Å². The smallest absolute Gasteiger partial charge is 0.0658 e. The van der Waals surface area contributed by atoms with E-state index in [2.05, 4.69) is 6.92 Å². The third-order valence-electron chi connectivity index (χ3n) is 3.54. The summed E-state index contributed by atoms with van der Waals surface area (Å²) < 4.78 is 0. The van der Waals surface area contributed by atoms with Gasteiger partial charge in [-0.15, -0.1) is 0 Å². The van der Waals surface area contributed by atoms with Crippen LogP contribution >= 0.6 is 0 Å². The molecule has 0 aromatic carbocycles. The van der Waals surface area contributed by atoms with Crippen molar-refractivity contribution in [3.63, 3.8) is 0 Å². The van der Waals surface area contributed by atoms with E-state index in [4.69, 9.17) is 0 Å². The van der Waals surface area contributed by atoms with Crippen molar-refractivity contribution in [2.24, 2.45) is 5.41 Å². The molecule has 0 aromatic rings. The Labute approximate surface area is 68.8 Å². The van der Waals surface area contributed by atoms with E-state index in [1.54, 1.807) is 0 Å². The monoisotopic (exact) mass is 154 g/mol. The molecule has 0 aliphatic heterocycles. The second-order valence-electron chi connectivity index (χ2n) is 4.68. The minimum Gasteiger partial charge on any atom is -0.390 e. The fraction of sp³-hybridized carbons (Fsp3) is 1.00. The highest BCUT2D eigenvalue weighted by Crippen LogP contribution is 2.60. The van der Waals surface area contributed by atoms with Crippen molar-refractivity contribution >= 4 is 0 Å².